The van der Waals surface area contributed by atoms with Gasteiger partial charge in [-0.1, -0.05) is 30.3 Å². The summed E-state index contributed by atoms with van der Waals surface area (Å²) in [5.74, 6) is 0. The van der Waals surface area contributed by atoms with Gasteiger partial charge in [-0.25, -0.2) is 4.98 Å². The average Bonchev–Trinajstić information content (AvgIpc) is 2.96. The second kappa shape index (κ2) is 5.51. The molecule has 4 rings (SSSR count). The van der Waals surface area contributed by atoms with Crippen LogP contribution in [0.4, 0.5) is 0 Å². The first-order valence-corrected chi connectivity index (χ1v) is 8.35. The van der Waals surface area contributed by atoms with E-state index < -0.39 is 0 Å². The van der Waals surface area contributed by atoms with Crippen molar-refractivity contribution >= 4 is 49.3 Å². The number of para-hydroxylation sites is 2. The number of carbonyl (C=O) groups excluding carboxylic acids is 1. The van der Waals surface area contributed by atoms with Crippen molar-refractivity contribution in [3.63, 3.8) is 0 Å². The number of nitrogens with zero attached hydrogens (tertiary/aromatic N) is 2. The highest BCUT2D eigenvalue weighted by atomic mass is 32.2. The molecule has 106 valence electrons. The van der Waals surface area contributed by atoms with E-state index in [1.807, 2.05) is 54.6 Å². The van der Waals surface area contributed by atoms with Crippen molar-refractivity contribution < 1.29 is 4.79 Å². The molecule has 0 N–H and O–H groups in total. The second-order valence-corrected chi connectivity index (χ2v) is 7.00. The molecule has 0 saturated carbocycles. The minimum absolute atomic E-state index is 0.0303. The SMILES string of the molecule is O=C(Sc1nc2ccccc2s1)c1cnc2ccccc2c1. The number of thiazole rings is 1. The van der Waals surface area contributed by atoms with Crippen LogP contribution in [0.2, 0.25) is 0 Å². The summed E-state index contributed by atoms with van der Waals surface area (Å²) in [5, 5.41) is 0.940. The third kappa shape index (κ3) is 2.49. The van der Waals surface area contributed by atoms with E-state index in [4.69, 9.17) is 0 Å². The molecule has 0 saturated heterocycles. The predicted molar refractivity (Wildman–Crippen MR) is 91.6 cm³/mol. The molecule has 0 fully saturated rings. The van der Waals surface area contributed by atoms with Gasteiger partial charge in [0.2, 0.25) is 5.12 Å². The Morgan fingerprint density at radius 2 is 1.77 bits per heavy atom. The molecule has 2 aromatic heterocycles. The molecule has 3 nitrogen and oxygen atoms in total. The Morgan fingerprint density at radius 1 is 1.00 bits per heavy atom. The molecule has 0 aliphatic carbocycles. The lowest BCUT2D eigenvalue weighted by atomic mass is 10.2. The molecule has 2 heterocycles. The molecular formula is C17H10N2OS2. The molecule has 22 heavy (non-hydrogen) atoms. The standard InChI is InChI=1S/C17H10N2OS2/c20-16(12-9-11-5-1-2-6-13(11)18-10-12)22-17-19-14-7-3-4-8-15(14)21-17/h1-10H. The summed E-state index contributed by atoms with van der Waals surface area (Å²) < 4.78 is 1.86. The Bertz CT molecular complexity index is 961. The molecule has 0 amide bonds. The summed E-state index contributed by atoms with van der Waals surface area (Å²) in [6.45, 7) is 0. The van der Waals surface area contributed by atoms with Crippen molar-refractivity contribution in [3.05, 3.63) is 66.4 Å². The fraction of sp³-hybridized carbons (Fsp3) is 0. The molecule has 0 unspecified atom stereocenters. The number of hydrogen-bond donors (Lipinski definition) is 0. The van der Waals surface area contributed by atoms with Gasteiger partial charge < -0.3 is 0 Å². The lowest BCUT2D eigenvalue weighted by Gasteiger charge is -2.00. The maximum absolute atomic E-state index is 12.4. The fourth-order valence-electron chi connectivity index (χ4n) is 2.22. The summed E-state index contributed by atoms with van der Waals surface area (Å²) in [5.41, 5.74) is 2.42. The molecule has 5 heteroatoms. The minimum atomic E-state index is -0.0303. The van der Waals surface area contributed by atoms with Crippen molar-refractivity contribution in [2.24, 2.45) is 0 Å². The average molecular weight is 322 g/mol. The summed E-state index contributed by atoms with van der Waals surface area (Å²) in [6.07, 6.45) is 1.63. The van der Waals surface area contributed by atoms with Crippen LogP contribution in [0.3, 0.4) is 0 Å². The summed E-state index contributed by atoms with van der Waals surface area (Å²) in [7, 11) is 0. The molecule has 0 atom stereocenters. The highest BCUT2D eigenvalue weighted by Gasteiger charge is 2.13. The summed E-state index contributed by atoms with van der Waals surface area (Å²) >= 11 is 2.69. The lowest BCUT2D eigenvalue weighted by molar-refractivity contribution is 0.108. The first kappa shape index (κ1) is 13.4. The number of pyridine rings is 1. The molecule has 0 bridgehead atoms. The fourth-order valence-corrected chi connectivity index (χ4v) is 4.11. The van der Waals surface area contributed by atoms with E-state index in [1.165, 1.54) is 11.3 Å². The van der Waals surface area contributed by atoms with Crippen LogP contribution in [0, 0.1) is 0 Å². The quantitative estimate of drug-likeness (QED) is 0.498. The Labute approximate surface area is 135 Å². The molecule has 2 aromatic carbocycles. The smallest absolute Gasteiger partial charge is 0.227 e. The van der Waals surface area contributed by atoms with Gasteiger partial charge in [0.15, 0.2) is 4.34 Å². The molecule has 0 radical (unpaired) electrons. The van der Waals surface area contributed by atoms with Crippen LogP contribution in [0.5, 0.6) is 0 Å². The van der Waals surface area contributed by atoms with Crippen LogP contribution >= 0.6 is 23.1 Å². The van der Waals surface area contributed by atoms with E-state index in [0.717, 1.165) is 37.2 Å². The van der Waals surface area contributed by atoms with Crippen LogP contribution < -0.4 is 0 Å². The maximum atomic E-state index is 12.4. The van der Waals surface area contributed by atoms with E-state index in [1.54, 1.807) is 6.20 Å². The van der Waals surface area contributed by atoms with Crippen LogP contribution in [-0.4, -0.2) is 15.1 Å². The molecule has 0 aliphatic rings. The van der Waals surface area contributed by atoms with Crippen LogP contribution in [0.25, 0.3) is 21.1 Å². The third-order valence-corrected chi connectivity index (χ3v) is 5.30. The number of hydrogen-bond acceptors (Lipinski definition) is 5. The first-order chi connectivity index (χ1) is 10.8. The normalized spacial score (nSPS) is 11.1. The van der Waals surface area contributed by atoms with Gasteiger partial charge in [0, 0.05) is 17.1 Å². The van der Waals surface area contributed by atoms with Gasteiger partial charge >= 0.3 is 0 Å². The largest absolute Gasteiger partial charge is 0.281 e. The Balaban J connectivity index is 1.65. The Kier molecular flexibility index (Phi) is 3.36. The Morgan fingerprint density at radius 3 is 2.64 bits per heavy atom. The van der Waals surface area contributed by atoms with Crippen molar-refractivity contribution in [2.45, 2.75) is 4.34 Å². The van der Waals surface area contributed by atoms with E-state index in [9.17, 15) is 4.79 Å². The van der Waals surface area contributed by atoms with Crippen molar-refractivity contribution in [1.29, 1.82) is 0 Å². The number of aromatic nitrogens is 2. The number of rotatable bonds is 2. The predicted octanol–water partition coefficient (Wildman–Crippen LogP) is 4.78. The maximum Gasteiger partial charge on any atom is 0.227 e. The van der Waals surface area contributed by atoms with E-state index in [0.29, 0.717) is 5.56 Å². The monoisotopic (exact) mass is 322 g/mol. The van der Waals surface area contributed by atoms with Crippen molar-refractivity contribution in [3.8, 4) is 0 Å². The van der Waals surface area contributed by atoms with Gasteiger partial charge in [-0.05, 0) is 36.0 Å². The lowest BCUT2D eigenvalue weighted by Crippen LogP contribution is -1.94. The van der Waals surface area contributed by atoms with Crippen LogP contribution in [-0.2, 0) is 0 Å². The van der Waals surface area contributed by atoms with Crippen LogP contribution in [0.1, 0.15) is 10.4 Å². The zero-order valence-electron chi connectivity index (χ0n) is 11.4. The minimum Gasteiger partial charge on any atom is -0.281 e. The second-order valence-electron chi connectivity index (χ2n) is 4.75. The van der Waals surface area contributed by atoms with Gasteiger partial charge in [0.05, 0.1) is 15.7 Å². The number of carbonyl (C=O) groups is 1. The topological polar surface area (TPSA) is 42.9 Å². The van der Waals surface area contributed by atoms with Gasteiger partial charge in [-0.15, -0.1) is 11.3 Å². The van der Waals surface area contributed by atoms with E-state index >= 15 is 0 Å². The summed E-state index contributed by atoms with van der Waals surface area (Å²) in [6, 6.07) is 17.6. The Hall–Kier alpha value is -2.24. The summed E-state index contributed by atoms with van der Waals surface area (Å²) in [4.78, 5) is 21.2. The van der Waals surface area contributed by atoms with Crippen molar-refractivity contribution in [2.75, 3.05) is 0 Å². The van der Waals surface area contributed by atoms with Gasteiger partial charge in [0.25, 0.3) is 0 Å². The van der Waals surface area contributed by atoms with Crippen molar-refractivity contribution in [1.82, 2.24) is 9.97 Å². The molecule has 4 aromatic rings. The third-order valence-electron chi connectivity index (χ3n) is 3.28. The zero-order chi connectivity index (χ0) is 14.9. The number of benzene rings is 2. The number of fused-ring (bicyclic) bond motifs is 2. The van der Waals surface area contributed by atoms with Crippen LogP contribution in [0.15, 0.2) is 65.1 Å². The van der Waals surface area contributed by atoms with Gasteiger partial charge in [0.1, 0.15) is 0 Å². The highest BCUT2D eigenvalue weighted by molar-refractivity contribution is 8.15. The molecule has 0 spiro atoms. The number of thioether (sulfide) groups is 1. The molecular weight excluding hydrogens is 312 g/mol. The van der Waals surface area contributed by atoms with E-state index in [2.05, 4.69) is 9.97 Å². The highest BCUT2D eigenvalue weighted by Crippen LogP contribution is 2.31. The molecule has 0 aliphatic heterocycles. The van der Waals surface area contributed by atoms with E-state index in [-0.39, 0.29) is 5.12 Å². The van der Waals surface area contributed by atoms with Gasteiger partial charge in [-0.3, -0.25) is 9.78 Å². The zero-order valence-corrected chi connectivity index (χ0v) is 13.0. The van der Waals surface area contributed by atoms with Gasteiger partial charge in [-0.2, -0.15) is 0 Å². The first-order valence-electron chi connectivity index (χ1n) is 6.72.